The third-order valence-electron chi connectivity index (χ3n) is 6.63. The summed E-state index contributed by atoms with van der Waals surface area (Å²) in [6, 6.07) is 4.72. The molecule has 8 heteroatoms. The Balaban J connectivity index is 1.47. The van der Waals surface area contributed by atoms with Crippen molar-refractivity contribution in [1.29, 1.82) is 0 Å². The summed E-state index contributed by atoms with van der Waals surface area (Å²) in [5, 5.41) is 15.7. The van der Waals surface area contributed by atoms with Gasteiger partial charge in [0.1, 0.15) is 5.82 Å². The van der Waals surface area contributed by atoms with Crippen LogP contribution in [0.1, 0.15) is 44.3 Å². The lowest BCUT2D eigenvalue weighted by Gasteiger charge is -2.60. The molecule has 4 saturated carbocycles. The highest BCUT2D eigenvalue weighted by molar-refractivity contribution is 9.10. The van der Waals surface area contributed by atoms with E-state index in [1.54, 1.807) is 16.9 Å². The smallest absolute Gasteiger partial charge is 0.230 e. The highest BCUT2D eigenvalue weighted by Gasteiger charge is 2.62. The summed E-state index contributed by atoms with van der Waals surface area (Å²) in [5.41, 5.74) is -0.478. The molecule has 0 aliphatic heterocycles. The van der Waals surface area contributed by atoms with Crippen molar-refractivity contribution >= 4 is 27.5 Å². The topological polar surface area (TPSA) is 72.7 Å². The van der Waals surface area contributed by atoms with E-state index in [-0.39, 0.29) is 17.1 Å². The van der Waals surface area contributed by atoms with Crippen LogP contribution < -0.4 is 5.32 Å². The Morgan fingerprint density at radius 3 is 2.67 bits per heavy atom. The Hall–Kier alpha value is -1.83. The Morgan fingerprint density at radius 1 is 1.30 bits per heavy atom. The van der Waals surface area contributed by atoms with E-state index >= 15 is 0 Å². The molecule has 0 spiro atoms. The first-order chi connectivity index (χ1) is 12.9. The van der Waals surface area contributed by atoms with Crippen LogP contribution in [0.5, 0.6) is 0 Å². The van der Waals surface area contributed by atoms with Gasteiger partial charge >= 0.3 is 0 Å². The van der Waals surface area contributed by atoms with Crippen molar-refractivity contribution in [3.05, 3.63) is 34.3 Å². The van der Waals surface area contributed by atoms with Crippen molar-refractivity contribution in [1.82, 2.24) is 20.2 Å². The lowest BCUT2D eigenvalue weighted by atomic mass is 9.46. The van der Waals surface area contributed by atoms with E-state index in [0.717, 1.165) is 32.1 Å². The summed E-state index contributed by atoms with van der Waals surface area (Å²) < 4.78 is 14.9. The van der Waals surface area contributed by atoms with Crippen molar-refractivity contribution in [2.45, 2.75) is 51.0 Å². The van der Waals surface area contributed by atoms with Crippen LogP contribution in [0.15, 0.2) is 22.7 Å². The first-order valence-corrected chi connectivity index (χ1v) is 10.2. The zero-order valence-electron chi connectivity index (χ0n) is 15.1. The van der Waals surface area contributed by atoms with Gasteiger partial charge in [-0.1, -0.05) is 15.9 Å². The van der Waals surface area contributed by atoms with Gasteiger partial charge in [-0.3, -0.25) is 4.79 Å². The third kappa shape index (κ3) is 2.71. The molecule has 4 aliphatic carbocycles. The van der Waals surface area contributed by atoms with Gasteiger partial charge < -0.3 is 5.32 Å². The van der Waals surface area contributed by atoms with Crippen LogP contribution in [-0.4, -0.2) is 26.1 Å². The number of rotatable bonds is 3. The Bertz CT molecular complexity index is 915. The van der Waals surface area contributed by atoms with Gasteiger partial charge in [-0.2, -0.15) is 4.80 Å². The molecule has 1 aromatic heterocycles. The minimum absolute atomic E-state index is 0.0703. The number of carbonyl (C=O) groups excluding carboxylic acids is 1. The first kappa shape index (κ1) is 17.3. The number of anilines is 1. The van der Waals surface area contributed by atoms with Gasteiger partial charge in [0.05, 0.1) is 16.6 Å². The van der Waals surface area contributed by atoms with Gasteiger partial charge in [0.2, 0.25) is 5.91 Å². The summed E-state index contributed by atoms with van der Waals surface area (Å²) in [5.74, 6) is 1.13. The van der Waals surface area contributed by atoms with Crippen LogP contribution in [0.25, 0.3) is 0 Å². The van der Waals surface area contributed by atoms with E-state index < -0.39 is 11.2 Å². The molecule has 2 atom stereocenters. The highest BCUT2D eigenvalue weighted by Crippen LogP contribution is 2.64. The molecule has 1 N–H and O–H groups in total. The summed E-state index contributed by atoms with van der Waals surface area (Å²) in [6.07, 6.45) is 5.59. The number of benzene rings is 1. The second-order valence-electron chi connectivity index (χ2n) is 8.67. The largest absolute Gasteiger partial charge is 0.323 e. The van der Waals surface area contributed by atoms with Gasteiger partial charge in [-0.05, 0) is 80.7 Å². The molecule has 142 valence electrons. The lowest BCUT2D eigenvalue weighted by Crippen LogP contribution is -2.60. The average molecular weight is 434 g/mol. The maximum atomic E-state index is 14.2. The maximum Gasteiger partial charge on any atom is 0.230 e. The minimum Gasteiger partial charge on any atom is -0.323 e. The fourth-order valence-electron chi connectivity index (χ4n) is 6.04. The predicted molar refractivity (Wildman–Crippen MR) is 100 cm³/mol. The van der Waals surface area contributed by atoms with Gasteiger partial charge in [-0.25, -0.2) is 4.39 Å². The van der Waals surface area contributed by atoms with Crippen LogP contribution in [0, 0.1) is 30.0 Å². The Labute approximate surface area is 165 Å². The summed E-state index contributed by atoms with van der Waals surface area (Å²) >= 11 is 3.25. The minimum atomic E-state index is -0.481. The molecule has 1 heterocycles. The quantitative estimate of drug-likeness (QED) is 0.798. The van der Waals surface area contributed by atoms with Crippen molar-refractivity contribution in [3.63, 3.8) is 0 Å². The van der Waals surface area contributed by atoms with E-state index in [2.05, 4.69) is 36.7 Å². The molecule has 0 saturated heterocycles. The molecule has 0 radical (unpaired) electrons. The number of amides is 1. The van der Waals surface area contributed by atoms with Crippen LogP contribution in [0.4, 0.5) is 10.1 Å². The van der Waals surface area contributed by atoms with E-state index in [1.165, 1.54) is 6.07 Å². The average Bonchev–Trinajstić information content (AvgIpc) is 3.03. The number of hydrogen-bond donors (Lipinski definition) is 1. The second-order valence-corrected chi connectivity index (χ2v) is 9.59. The number of tetrazole rings is 1. The van der Waals surface area contributed by atoms with E-state index in [1.807, 2.05) is 6.92 Å². The molecule has 6 nitrogen and oxygen atoms in total. The van der Waals surface area contributed by atoms with Crippen molar-refractivity contribution in [2.75, 3.05) is 5.32 Å². The standard InChI is InChI=1S/C19H21BrFN5O/c1-11-23-25-26(24-11)19-8-12-4-13(9-19)7-18(6-12,10-19)17(27)22-16-3-2-14(20)5-15(16)21/h2-3,5,12-13H,4,6-10H2,1H3,(H,22,27). The number of nitrogens with one attached hydrogen (secondary N) is 1. The molecule has 4 bridgehead atoms. The van der Waals surface area contributed by atoms with Crippen LogP contribution in [0.3, 0.4) is 0 Å². The number of aryl methyl sites for hydroxylation is 1. The molecule has 1 amide bonds. The fraction of sp³-hybridized carbons (Fsp3) is 0.579. The highest BCUT2D eigenvalue weighted by atomic mass is 79.9. The molecule has 27 heavy (non-hydrogen) atoms. The van der Waals surface area contributed by atoms with Crippen LogP contribution in [-0.2, 0) is 10.3 Å². The molecule has 2 aromatic rings. The lowest BCUT2D eigenvalue weighted by molar-refractivity contribution is -0.152. The number of halogens is 2. The van der Waals surface area contributed by atoms with E-state index in [9.17, 15) is 9.18 Å². The van der Waals surface area contributed by atoms with Crippen molar-refractivity contribution < 1.29 is 9.18 Å². The van der Waals surface area contributed by atoms with Crippen LogP contribution >= 0.6 is 15.9 Å². The molecular weight excluding hydrogens is 413 g/mol. The number of nitrogens with zero attached hydrogens (tertiary/aromatic N) is 4. The molecule has 1 aromatic carbocycles. The fourth-order valence-corrected chi connectivity index (χ4v) is 6.38. The molecule has 4 fully saturated rings. The first-order valence-electron chi connectivity index (χ1n) is 9.41. The molecule has 6 rings (SSSR count). The number of hydrogen-bond acceptors (Lipinski definition) is 4. The van der Waals surface area contributed by atoms with Crippen molar-refractivity contribution in [2.24, 2.45) is 17.3 Å². The summed E-state index contributed by atoms with van der Waals surface area (Å²) in [6.45, 7) is 1.84. The summed E-state index contributed by atoms with van der Waals surface area (Å²) in [7, 11) is 0. The summed E-state index contributed by atoms with van der Waals surface area (Å²) in [4.78, 5) is 15.1. The molecule has 4 aliphatic rings. The maximum absolute atomic E-state index is 14.2. The van der Waals surface area contributed by atoms with Gasteiger partial charge in [-0.15, -0.1) is 10.2 Å². The predicted octanol–water partition coefficient (Wildman–Crippen LogP) is 3.82. The second kappa shape index (κ2) is 5.83. The van der Waals surface area contributed by atoms with Crippen molar-refractivity contribution in [3.8, 4) is 0 Å². The van der Waals surface area contributed by atoms with Gasteiger partial charge in [0.25, 0.3) is 0 Å². The molecular formula is C19H21BrFN5O. The number of carbonyl (C=O) groups is 1. The third-order valence-corrected chi connectivity index (χ3v) is 7.12. The normalized spacial score (nSPS) is 34.0. The van der Waals surface area contributed by atoms with Gasteiger partial charge in [0.15, 0.2) is 5.82 Å². The van der Waals surface area contributed by atoms with Gasteiger partial charge in [0, 0.05) is 4.47 Å². The SMILES string of the molecule is Cc1nnn(C23CC4CC(CC(C(=O)Nc5ccc(Br)cc5F)(C4)C2)C3)n1. The Kier molecular flexibility index (Phi) is 3.73. The van der Waals surface area contributed by atoms with Crippen LogP contribution in [0.2, 0.25) is 0 Å². The number of aromatic nitrogens is 4. The zero-order valence-corrected chi connectivity index (χ0v) is 16.7. The zero-order chi connectivity index (χ0) is 18.8. The Morgan fingerprint density at radius 2 is 2.04 bits per heavy atom. The van der Waals surface area contributed by atoms with E-state index in [4.69, 9.17) is 0 Å². The monoisotopic (exact) mass is 433 g/mol. The molecule has 2 unspecified atom stereocenters. The van der Waals surface area contributed by atoms with E-state index in [0.29, 0.717) is 28.6 Å².